The van der Waals surface area contributed by atoms with E-state index in [-0.39, 0.29) is 17.8 Å². The van der Waals surface area contributed by atoms with E-state index in [1.165, 1.54) is 13.8 Å². The van der Waals surface area contributed by atoms with Crippen LogP contribution < -0.4 is 10.1 Å². The Morgan fingerprint density at radius 2 is 1.71 bits per heavy atom. The number of halogens is 4. The molecule has 4 nitrogen and oxygen atoms in total. The number of carbonyl (C=O) groups is 1. The first kappa shape index (κ1) is 25.6. The van der Waals surface area contributed by atoms with Gasteiger partial charge in [-0.1, -0.05) is 54.1 Å². The Morgan fingerprint density at radius 1 is 1.06 bits per heavy atom. The zero-order valence-electron chi connectivity index (χ0n) is 19.1. The Balaban J connectivity index is 1.76. The molecule has 0 aliphatic heterocycles. The third-order valence-electron chi connectivity index (χ3n) is 5.53. The van der Waals surface area contributed by atoms with Crippen molar-refractivity contribution in [3.8, 4) is 5.88 Å². The molecule has 1 amide bonds. The third-order valence-corrected chi connectivity index (χ3v) is 5.78. The molecule has 2 atom stereocenters. The number of hydrogen-bond acceptors (Lipinski definition) is 3. The second-order valence-corrected chi connectivity index (χ2v) is 9.04. The van der Waals surface area contributed by atoms with Crippen molar-refractivity contribution in [3.63, 3.8) is 0 Å². The number of amides is 1. The van der Waals surface area contributed by atoms with E-state index in [2.05, 4.69) is 10.3 Å². The number of ether oxygens (including phenoxy) is 1. The molecule has 0 saturated heterocycles. The summed E-state index contributed by atoms with van der Waals surface area (Å²) < 4.78 is 44.6. The van der Waals surface area contributed by atoms with Crippen LogP contribution in [-0.2, 0) is 17.4 Å². The highest BCUT2D eigenvalue weighted by Gasteiger charge is 2.35. The molecule has 2 aromatic carbocycles. The van der Waals surface area contributed by atoms with Gasteiger partial charge in [0.1, 0.15) is 0 Å². The zero-order valence-corrected chi connectivity index (χ0v) is 19.8. The minimum atomic E-state index is -4.54. The van der Waals surface area contributed by atoms with Crippen LogP contribution in [0.2, 0.25) is 5.02 Å². The van der Waals surface area contributed by atoms with Gasteiger partial charge in [-0.15, -0.1) is 0 Å². The first-order valence-electron chi connectivity index (χ1n) is 10.8. The van der Waals surface area contributed by atoms with Gasteiger partial charge in [0.05, 0.1) is 5.56 Å². The number of rotatable bonds is 8. The molecule has 3 rings (SSSR count). The van der Waals surface area contributed by atoms with Crippen LogP contribution in [0.3, 0.4) is 0 Å². The van der Waals surface area contributed by atoms with E-state index < -0.39 is 23.2 Å². The normalized spacial score (nSPS) is 13.7. The topological polar surface area (TPSA) is 51.2 Å². The van der Waals surface area contributed by atoms with Crippen LogP contribution in [0.1, 0.15) is 43.4 Å². The molecule has 0 saturated carbocycles. The molecule has 34 heavy (non-hydrogen) atoms. The highest BCUT2D eigenvalue weighted by atomic mass is 35.5. The van der Waals surface area contributed by atoms with Gasteiger partial charge >= 0.3 is 6.18 Å². The summed E-state index contributed by atoms with van der Waals surface area (Å²) in [4.78, 5) is 16.9. The quantitative estimate of drug-likeness (QED) is 0.395. The number of aromatic nitrogens is 1. The maximum absolute atomic E-state index is 13.1. The first-order chi connectivity index (χ1) is 16.0. The van der Waals surface area contributed by atoms with Crippen molar-refractivity contribution in [2.24, 2.45) is 0 Å². The van der Waals surface area contributed by atoms with E-state index in [9.17, 15) is 18.0 Å². The first-order valence-corrected chi connectivity index (χ1v) is 11.2. The maximum Gasteiger partial charge on any atom is 0.416 e. The van der Waals surface area contributed by atoms with Crippen LogP contribution in [0.15, 0.2) is 72.9 Å². The van der Waals surface area contributed by atoms with Gasteiger partial charge in [-0.25, -0.2) is 4.98 Å². The van der Waals surface area contributed by atoms with E-state index in [1.54, 1.807) is 0 Å². The summed E-state index contributed by atoms with van der Waals surface area (Å²) in [6.45, 7) is 4.88. The Bertz CT molecular complexity index is 1100. The number of nitrogens with zero attached hydrogens (tertiary/aromatic N) is 1. The Morgan fingerprint density at radius 3 is 2.32 bits per heavy atom. The van der Waals surface area contributed by atoms with E-state index in [0.717, 1.165) is 29.5 Å². The SMILES string of the molecule is C[C@H](NC(=O)C(C)(C)Oc1cc(C(F)(F)F)ccn1)C(Cc1ccc(Cl)cc1)c1ccccc1. The lowest BCUT2D eigenvalue weighted by Crippen LogP contribution is -2.51. The summed E-state index contributed by atoms with van der Waals surface area (Å²) in [6.07, 6.45) is -2.88. The molecule has 0 radical (unpaired) electrons. The van der Waals surface area contributed by atoms with Gasteiger partial charge < -0.3 is 10.1 Å². The summed E-state index contributed by atoms with van der Waals surface area (Å²) in [5.74, 6) is -0.798. The minimum absolute atomic E-state index is 0.0613. The van der Waals surface area contributed by atoms with Crippen LogP contribution in [0.5, 0.6) is 5.88 Å². The molecular formula is C26H26ClF3N2O2. The Labute approximate surface area is 202 Å². The number of hydrogen-bond donors (Lipinski definition) is 1. The molecule has 0 aliphatic carbocycles. The molecule has 0 aliphatic rings. The summed E-state index contributed by atoms with van der Waals surface area (Å²) in [5, 5.41) is 3.62. The van der Waals surface area contributed by atoms with Gasteiger partial charge in [0.25, 0.3) is 5.91 Å². The molecule has 0 fully saturated rings. The van der Waals surface area contributed by atoms with Crippen molar-refractivity contribution in [1.29, 1.82) is 0 Å². The van der Waals surface area contributed by atoms with Crippen LogP contribution in [0.25, 0.3) is 0 Å². The second-order valence-electron chi connectivity index (χ2n) is 8.60. The fourth-order valence-electron chi connectivity index (χ4n) is 3.59. The van der Waals surface area contributed by atoms with Crippen LogP contribution >= 0.6 is 11.6 Å². The summed E-state index contributed by atoms with van der Waals surface area (Å²) in [5.41, 5.74) is -0.242. The highest BCUT2D eigenvalue weighted by Crippen LogP contribution is 2.31. The molecular weight excluding hydrogens is 465 g/mol. The molecule has 3 aromatic rings. The zero-order chi connectivity index (χ0) is 24.9. The standard InChI is InChI=1S/C26H26ClF3N2O2/c1-17(22(19-7-5-4-6-8-19)15-18-9-11-21(27)12-10-18)32-24(33)25(2,3)34-23-16-20(13-14-31-23)26(28,29)30/h4-14,16-17,22H,15H2,1-3H3,(H,32,33)/t17-,22?/m0/s1. The average Bonchev–Trinajstić information content (AvgIpc) is 2.78. The smallest absolute Gasteiger partial charge is 0.416 e. The maximum atomic E-state index is 13.1. The summed E-state index contributed by atoms with van der Waals surface area (Å²) in [7, 11) is 0. The lowest BCUT2D eigenvalue weighted by atomic mass is 9.86. The van der Waals surface area contributed by atoms with Gasteiger partial charge in [0.15, 0.2) is 5.60 Å². The highest BCUT2D eigenvalue weighted by molar-refractivity contribution is 6.30. The molecule has 8 heteroatoms. The predicted octanol–water partition coefficient (Wildman–Crippen LogP) is 6.44. The number of nitrogens with one attached hydrogen (secondary N) is 1. The fraction of sp³-hybridized carbons (Fsp3) is 0.308. The van der Waals surface area contributed by atoms with E-state index >= 15 is 0 Å². The van der Waals surface area contributed by atoms with Gasteiger partial charge in [-0.2, -0.15) is 13.2 Å². The van der Waals surface area contributed by atoms with Crippen molar-refractivity contribution >= 4 is 17.5 Å². The number of alkyl halides is 3. The lowest BCUT2D eigenvalue weighted by Gasteiger charge is -2.30. The third kappa shape index (κ3) is 6.73. The Hall–Kier alpha value is -3.06. The molecule has 1 heterocycles. The van der Waals surface area contributed by atoms with E-state index in [1.807, 2.05) is 61.5 Å². The monoisotopic (exact) mass is 490 g/mol. The van der Waals surface area contributed by atoms with Crippen LogP contribution in [0, 0.1) is 0 Å². The molecule has 1 aromatic heterocycles. The minimum Gasteiger partial charge on any atom is -0.462 e. The van der Waals surface area contributed by atoms with E-state index in [0.29, 0.717) is 11.4 Å². The molecule has 180 valence electrons. The number of benzene rings is 2. The van der Waals surface area contributed by atoms with Gasteiger partial charge in [-0.05, 0) is 56.5 Å². The van der Waals surface area contributed by atoms with Crippen LogP contribution in [-0.4, -0.2) is 22.5 Å². The second kappa shape index (κ2) is 10.5. The largest absolute Gasteiger partial charge is 0.462 e. The summed E-state index contributed by atoms with van der Waals surface area (Å²) >= 11 is 6.01. The molecule has 1 unspecified atom stereocenters. The number of pyridine rings is 1. The predicted molar refractivity (Wildman–Crippen MR) is 126 cm³/mol. The van der Waals surface area contributed by atoms with Gasteiger partial charge in [0.2, 0.25) is 5.88 Å². The molecule has 0 bridgehead atoms. The average molecular weight is 491 g/mol. The molecule has 0 spiro atoms. The number of carbonyl (C=O) groups excluding carboxylic acids is 1. The van der Waals surface area contributed by atoms with Crippen LogP contribution in [0.4, 0.5) is 13.2 Å². The lowest BCUT2D eigenvalue weighted by molar-refractivity contribution is -0.138. The molecule has 1 N–H and O–H groups in total. The van der Waals surface area contributed by atoms with Gasteiger partial charge in [-0.3, -0.25) is 4.79 Å². The summed E-state index contributed by atoms with van der Waals surface area (Å²) in [6, 6.07) is 18.6. The van der Waals surface area contributed by atoms with Crippen molar-refractivity contribution in [3.05, 3.63) is 94.6 Å². The Kier molecular flexibility index (Phi) is 7.87. The van der Waals surface area contributed by atoms with Crippen molar-refractivity contribution in [2.75, 3.05) is 0 Å². The van der Waals surface area contributed by atoms with Crippen molar-refractivity contribution < 1.29 is 22.7 Å². The van der Waals surface area contributed by atoms with Gasteiger partial charge in [0, 0.05) is 29.2 Å². The van der Waals surface area contributed by atoms with Crippen molar-refractivity contribution in [2.45, 2.75) is 50.9 Å². The van der Waals surface area contributed by atoms with Crippen molar-refractivity contribution in [1.82, 2.24) is 10.3 Å². The fourth-order valence-corrected chi connectivity index (χ4v) is 3.71. The van der Waals surface area contributed by atoms with E-state index in [4.69, 9.17) is 16.3 Å².